The number of hydrogen-bond acceptors (Lipinski definition) is 1. The van der Waals surface area contributed by atoms with Crippen LogP contribution in [0, 0.1) is 11.6 Å². The number of rotatable bonds is 3. The van der Waals surface area contributed by atoms with Crippen LogP contribution >= 0.6 is 0 Å². The molecule has 0 saturated heterocycles. The van der Waals surface area contributed by atoms with E-state index in [0.29, 0.717) is 0 Å². The van der Waals surface area contributed by atoms with Crippen LogP contribution in [0.2, 0.25) is 0 Å². The Balaban J connectivity index is 2.49. The first kappa shape index (κ1) is 15.4. The van der Waals surface area contributed by atoms with Crippen LogP contribution in [-0.4, -0.2) is 7.05 Å². The summed E-state index contributed by atoms with van der Waals surface area (Å²) < 4.78 is 65.3. The first-order chi connectivity index (χ1) is 9.84. The van der Waals surface area contributed by atoms with Crippen LogP contribution in [0.15, 0.2) is 42.5 Å². The fraction of sp³-hybridized carbons (Fsp3) is 0.200. The summed E-state index contributed by atoms with van der Waals surface area (Å²) in [5, 5.41) is 2.71. The molecule has 0 spiro atoms. The van der Waals surface area contributed by atoms with Crippen molar-refractivity contribution in [2.75, 3.05) is 7.05 Å². The van der Waals surface area contributed by atoms with Crippen molar-refractivity contribution in [3.63, 3.8) is 0 Å². The van der Waals surface area contributed by atoms with E-state index in [1.165, 1.54) is 31.3 Å². The van der Waals surface area contributed by atoms with Crippen LogP contribution in [0.1, 0.15) is 22.7 Å². The number of hydrogen-bond donors (Lipinski definition) is 1. The highest BCUT2D eigenvalue weighted by Gasteiger charge is 2.31. The highest BCUT2D eigenvalue weighted by Crippen LogP contribution is 2.32. The Morgan fingerprint density at radius 1 is 1.00 bits per heavy atom. The molecule has 1 atom stereocenters. The van der Waals surface area contributed by atoms with Gasteiger partial charge < -0.3 is 5.32 Å². The van der Waals surface area contributed by atoms with Gasteiger partial charge in [0.05, 0.1) is 11.6 Å². The van der Waals surface area contributed by atoms with Crippen LogP contribution in [0.5, 0.6) is 0 Å². The van der Waals surface area contributed by atoms with E-state index in [1.54, 1.807) is 0 Å². The molecule has 0 aliphatic heterocycles. The number of nitrogens with one attached hydrogen (secondary N) is 1. The van der Waals surface area contributed by atoms with Gasteiger partial charge in [0.15, 0.2) is 11.6 Å². The standard InChI is InChI=1S/C15H12F5N/c1-21-14(11-6-3-7-12(16)13(11)17)9-4-2-5-10(8-9)15(18,19)20/h2-8,14,21H,1H3. The Hall–Kier alpha value is -1.95. The highest BCUT2D eigenvalue weighted by molar-refractivity contribution is 5.36. The average molecular weight is 301 g/mol. The first-order valence-electron chi connectivity index (χ1n) is 6.13. The molecule has 112 valence electrons. The summed E-state index contributed by atoms with van der Waals surface area (Å²) in [6.45, 7) is 0. The molecule has 2 aromatic rings. The molecule has 1 unspecified atom stereocenters. The fourth-order valence-corrected chi connectivity index (χ4v) is 2.14. The van der Waals surface area contributed by atoms with Gasteiger partial charge in [-0.15, -0.1) is 0 Å². The maximum atomic E-state index is 13.8. The molecule has 0 heterocycles. The van der Waals surface area contributed by atoms with Crippen molar-refractivity contribution < 1.29 is 22.0 Å². The van der Waals surface area contributed by atoms with E-state index < -0.39 is 29.4 Å². The molecular formula is C15H12F5N. The molecule has 0 aromatic heterocycles. The number of alkyl halides is 3. The zero-order valence-electron chi connectivity index (χ0n) is 11.0. The molecule has 0 amide bonds. The predicted molar refractivity (Wildman–Crippen MR) is 68.7 cm³/mol. The lowest BCUT2D eigenvalue weighted by Gasteiger charge is -2.19. The Morgan fingerprint density at radius 3 is 2.29 bits per heavy atom. The second-order valence-corrected chi connectivity index (χ2v) is 4.49. The van der Waals surface area contributed by atoms with Crippen LogP contribution in [-0.2, 0) is 6.18 Å². The zero-order chi connectivity index (χ0) is 15.6. The predicted octanol–water partition coefficient (Wildman–Crippen LogP) is 4.29. The molecule has 1 N–H and O–H groups in total. The highest BCUT2D eigenvalue weighted by atomic mass is 19.4. The second kappa shape index (κ2) is 5.81. The van der Waals surface area contributed by atoms with Gasteiger partial charge in [-0.2, -0.15) is 13.2 Å². The summed E-state index contributed by atoms with van der Waals surface area (Å²) in [7, 11) is 1.47. The topological polar surface area (TPSA) is 12.0 Å². The second-order valence-electron chi connectivity index (χ2n) is 4.49. The van der Waals surface area contributed by atoms with Gasteiger partial charge in [0.2, 0.25) is 0 Å². The van der Waals surface area contributed by atoms with Crippen molar-refractivity contribution >= 4 is 0 Å². The molecule has 1 nitrogen and oxygen atoms in total. The Bertz CT molecular complexity index is 636. The largest absolute Gasteiger partial charge is 0.416 e. The van der Waals surface area contributed by atoms with Crippen molar-refractivity contribution in [1.29, 1.82) is 0 Å². The van der Waals surface area contributed by atoms with Crippen molar-refractivity contribution in [2.24, 2.45) is 0 Å². The third-order valence-corrected chi connectivity index (χ3v) is 3.13. The zero-order valence-corrected chi connectivity index (χ0v) is 11.0. The maximum absolute atomic E-state index is 13.8. The molecule has 21 heavy (non-hydrogen) atoms. The van der Waals surface area contributed by atoms with E-state index in [2.05, 4.69) is 5.32 Å². The van der Waals surface area contributed by atoms with Crippen molar-refractivity contribution in [2.45, 2.75) is 12.2 Å². The molecule has 0 saturated carbocycles. The smallest absolute Gasteiger partial charge is 0.309 e. The number of benzene rings is 2. The minimum Gasteiger partial charge on any atom is -0.309 e. The van der Waals surface area contributed by atoms with Crippen molar-refractivity contribution in [3.8, 4) is 0 Å². The first-order valence-corrected chi connectivity index (χ1v) is 6.13. The van der Waals surface area contributed by atoms with E-state index in [0.717, 1.165) is 18.2 Å². The minimum atomic E-state index is -4.49. The van der Waals surface area contributed by atoms with Gasteiger partial charge in [0.1, 0.15) is 0 Å². The minimum absolute atomic E-state index is 0.0446. The van der Waals surface area contributed by atoms with Gasteiger partial charge in [-0.25, -0.2) is 8.78 Å². The summed E-state index contributed by atoms with van der Waals surface area (Å²) in [5.74, 6) is -2.12. The molecular weight excluding hydrogens is 289 g/mol. The monoisotopic (exact) mass is 301 g/mol. The van der Waals surface area contributed by atoms with Crippen molar-refractivity contribution in [3.05, 3.63) is 70.8 Å². The summed E-state index contributed by atoms with van der Waals surface area (Å²) in [6, 6.07) is 7.25. The molecule has 6 heteroatoms. The molecule has 0 aliphatic rings. The average Bonchev–Trinajstić information content (AvgIpc) is 2.44. The summed E-state index contributed by atoms with van der Waals surface area (Å²) in [5.41, 5.74) is -0.675. The summed E-state index contributed by atoms with van der Waals surface area (Å²) in [4.78, 5) is 0. The summed E-state index contributed by atoms with van der Waals surface area (Å²) >= 11 is 0. The fourth-order valence-electron chi connectivity index (χ4n) is 2.14. The lowest BCUT2D eigenvalue weighted by atomic mass is 9.96. The Morgan fingerprint density at radius 2 is 1.67 bits per heavy atom. The lowest BCUT2D eigenvalue weighted by molar-refractivity contribution is -0.137. The lowest BCUT2D eigenvalue weighted by Crippen LogP contribution is -2.20. The molecule has 0 fully saturated rings. The van der Waals surface area contributed by atoms with Gasteiger partial charge >= 0.3 is 6.18 Å². The van der Waals surface area contributed by atoms with Crippen LogP contribution in [0.3, 0.4) is 0 Å². The quantitative estimate of drug-likeness (QED) is 0.834. The van der Waals surface area contributed by atoms with E-state index in [9.17, 15) is 22.0 Å². The molecule has 2 rings (SSSR count). The normalized spacial score (nSPS) is 13.2. The SMILES string of the molecule is CNC(c1cccc(C(F)(F)F)c1)c1cccc(F)c1F. The third kappa shape index (κ3) is 3.21. The van der Waals surface area contributed by atoms with Gasteiger partial charge in [-0.3, -0.25) is 0 Å². The van der Waals surface area contributed by atoms with Crippen LogP contribution in [0.25, 0.3) is 0 Å². The molecule has 0 bridgehead atoms. The van der Waals surface area contributed by atoms with Gasteiger partial charge in [0, 0.05) is 5.56 Å². The molecule has 0 aliphatic carbocycles. The Kier molecular flexibility index (Phi) is 4.27. The van der Waals surface area contributed by atoms with E-state index in [4.69, 9.17) is 0 Å². The van der Waals surface area contributed by atoms with Crippen LogP contribution < -0.4 is 5.32 Å². The molecule has 0 radical (unpaired) electrons. The van der Waals surface area contributed by atoms with Gasteiger partial charge in [-0.05, 0) is 30.8 Å². The van der Waals surface area contributed by atoms with Gasteiger partial charge in [-0.1, -0.05) is 24.3 Å². The number of halogens is 5. The summed E-state index contributed by atoms with van der Waals surface area (Å²) in [6.07, 6.45) is -4.49. The molecule has 2 aromatic carbocycles. The van der Waals surface area contributed by atoms with E-state index in [-0.39, 0.29) is 11.1 Å². The van der Waals surface area contributed by atoms with Gasteiger partial charge in [0.25, 0.3) is 0 Å². The Labute approximate surface area is 118 Å². The third-order valence-electron chi connectivity index (χ3n) is 3.13. The van der Waals surface area contributed by atoms with E-state index in [1.807, 2.05) is 0 Å². The van der Waals surface area contributed by atoms with Crippen LogP contribution in [0.4, 0.5) is 22.0 Å². The maximum Gasteiger partial charge on any atom is 0.416 e. The van der Waals surface area contributed by atoms with E-state index >= 15 is 0 Å². The van der Waals surface area contributed by atoms with Crippen molar-refractivity contribution in [1.82, 2.24) is 5.32 Å².